The topological polar surface area (TPSA) is 12.5 Å². The molecule has 0 aliphatic carbocycles. The molecule has 0 N–H and O–H groups in total. The number of hydrogen-bond donors (Lipinski definition) is 0. The van der Waals surface area contributed by atoms with Crippen molar-refractivity contribution in [3.63, 3.8) is 0 Å². The van der Waals surface area contributed by atoms with Gasteiger partial charge in [0.05, 0.1) is 0 Å². The number of hydrogen-bond acceptors (Lipinski definition) is 2. The zero-order valence-corrected chi connectivity index (χ0v) is 12.8. The maximum atomic E-state index is 6.04. The fraction of sp³-hybridized carbons (Fsp3) is 0.333. The Balaban J connectivity index is 2.13. The van der Waals surface area contributed by atoms with Gasteiger partial charge in [-0.3, -0.25) is 0 Å². The molecule has 0 bridgehead atoms. The van der Waals surface area contributed by atoms with Gasteiger partial charge in [-0.1, -0.05) is 29.8 Å². The Bertz CT molecular complexity index is 548. The second kappa shape index (κ2) is 6.47. The van der Waals surface area contributed by atoms with Crippen LogP contribution in [0.3, 0.4) is 0 Å². The molecule has 2 heteroatoms. The number of rotatable bonds is 5. The summed E-state index contributed by atoms with van der Waals surface area (Å²) in [4.78, 5) is 2.26. The number of nitrogens with zero attached hydrogens (tertiary/aromatic N) is 1. The Labute approximate surface area is 122 Å². The van der Waals surface area contributed by atoms with Gasteiger partial charge in [-0.25, -0.2) is 0 Å². The second-order valence-corrected chi connectivity index (χ2v) is 5.16. The summed E-state index contributed by atoms with van der Waals surface area (Å²) in [6.07, 6.45) is 0.00417. The lowest BCUT2D eigenvalue weighted by Gasteiger charge is -2.30. The van der Waals surface area contributed by atoms with Crippen LogP contribution in [0.5, 0.6) is 5.75 Å². The van der Waals surface area contributed by atoms with Crippen LogP contribution in [-0.2, 0) is 0 Å². The van der Waals surface area contributed by atoms with E-state index in [2.05, 4.69) is 69.0 Å². The molecule has 106 valence electrons. The zero-order valence-electron chi connectivity index (χ0n) is 12.8. The maximum absolute atomic E-state index is 6.04. The largest absolute Gasteiger partial charge is 0.471 e. The van der Waals surface area contributed by atoms with Crippen molar-refractivity contribution < 1.29 is 4.74 Å². The predicted molar refractivity (Wildman–Crippen MR) is 85.5 cm³/mol. The third kappa shape index (κ3) is 3.53. The van der Waals surface area contributed by atoms with Crippen LogP contribution < -0.4 is 9.64 Å². The van der Waals surface area contributed by atoms with Gasteiger partial charge in [-0.2, -0.15) is 0 Å². The first-order valence-corrected chi connectivity index (χ1v) is 7.17. The van der Waals surface area contributed by atoms with E-state index >= 15 is 0 Å². The molecule has 0 saturated heterocycles. The van der Waals surface area contributed by atoms with Gasteiger partial charge < -0.3 is 9.64 Å². The Morgan fingerprint density at radius 1 is 1.00 bits per heavy atom. The van der Waals surface area contributed by atoms with E-state index in [-0.39, 0.29) is 6.23 Å². The van der Waals surface area contributed by atoms with E-state index in [1.807, 2.05) is 12.1 Å². The highest BCUT2D eigenvalue weighted by molar-refractivity contribution is 5.49. The van der Waals surface area contributed by atoms with Crippen LogP contribution in [0.2, 0.25) is 0 Å². The van der Waals surface area contributed by atoms with Gasteiger partial charge in [0.1, 0.15) is 5.75 Å². The lowest BCUT2D eigenvalue weighted by molar-refractivity contribution is 0.216. The van der Waals surface area contributed by atoms with Gasteiger partial charge in [0, 0.05) is 12.2 Å². The van der Waals surface area contributed by atoms with Gasteiger partial charge in [-0.15, -0.1) is 0 Å². The van der Waals surface area contributed by atoms with Gasteiger partial charge in [0.15, 0.2) is 6.23 Å². The molecule has 0 radical (unpaired) electrons. The summed E-state index contributed by atoms with van der Waals surface area (Å²) < 4.78 is 6.04. The van der Waals surface area contributed by atoms with E-state index in [1.165, 1.54) is 16.8 Å². The molecule has 2 rings (SSSR count). The molecule has 0 fully saturated rings. The maximum Gasteiger partial charge on any atom is 0.169 e. The van der Waals surface area contributed by atoms with E-state index in [0.29, 0.717) is 0 Å². The van der Waals surface area contributed by atoms with Crippen molar-refractivity contribution in [3.05, 3.63) is 59.7 Å². The van der Waals surface area contributed by atoms with Crippen molar-refractivity contribution in [3.8, 4) is 5.75 Å². The summed E-state index contributed by atoms with van der Waals surface area (Å²) in [5.74, 6) is 0.911. The van der Waals surface area contributed by atoms with Crippen molar-refractivity contribution in [1.82, 2.24) is 0 Å². The molecular weight excluding hydrogens is 246 g/mol. The third-order valence-corrected chi connectivity index (χ3v) is 3.44. The van der Waals surface area contributed by atoms with Gasteiger partial charge in [0.25, 0.3) is 0 Å². The lowest BCUT2D eigenvalue weighted by atomic mass is 10.2. The van der Waals surface area contributed by atoms with Gasteiger partial charge in [-0.05, 0) is 57.5 Å². The van der Waals surface area contributed by atoms with Crippen LogP contribution >= 0.6 is 0 Å². The summed E-state index contributed by atoms with van der Waals surface area (Å²) in [5, 5.41) is 0. The fourth-order valence-corrected chi connectivity index (χ4v) is 2.33. The average molecular weight is 269 g/mol. The molecule has 1 atom stereocenters. The minimum Gasteiger partial charge on any atom is -0.471 e. The van der Waals surface area contributed by atoms with Crippen molar-refractivity contribution in [1.29, 1.82) is 0 Å². The number of aryl methyl sites for hydroxylation is 2. The van der Waals surface area contributed by atoms with Crippen molar-refractivity contribution in [2.75, 3.05) is 11.4 Å². The number of anilines is 1. The first-order chi connectivity index (χ1) is 9.60. The number of ether oxygens (including phenoxy) is 1. The third-order valence-electron chi connectivity index (χ3n) is 3.44. The highest BCUT2D eigenvalue weighted by Crippen LogP contribution is 2.21. The molecule has 0 aromatic heterocycles. The molecule has 0 aliphatic heterocycles. The second-order valence-electron chi connectivity index (χ2n) is 5.16. The highest BCUT2D eigenvalue weighted by atomic mass is 16.5. The monoisotopic (exact) mass is 269 g/mol. The SMILES string of the molecule is CCN(c1cccc(C)c1)C(C)Oc1ccc(C)cc1. The Kier molecular flexibility index (Phi) is 4.67. The van der Waals surface area contributed by atoms with Crippen LogP contribution in [0.4, 0.5) is 5.69 Å². The van der Waals surface area contributed by atoms with Gasteiger partial charge in [0.2, 0.25) is 0 Å². The molecule has 2 aromatic rings. The standard InChI is InChI=1S/C18H23NO/c1-5-19(17-8-6-7-15(3)13-17)16(4)20-18-11-9-14(2)10-12-18/h6-13,16H,5H2,1-4H3. The fourth-order valence-electron chi connectivity index (χ4n) is 2.33. The molecule has 0 amide bonds. The smallest absolute Gasteiger partial charge is 0.169 e. The molecule has 20 heavy (non-hydrogen) atoms. The molecule has 2 aromatic carbocycles. The first kappa shape index (κ1) is 14.4. The molecule has 0 spiro atoms. The van der Waals surface area contributed by atoms with E-state index in [9.17, 15) is 0 Å². The summed E-state index contributed by atoms with van der Waals surface area (Å²) in [7, 11) is 0. The van der Waals surface area contributed by atoms with Crippen molar-refractivity contribution >= 4 is 5.69 Å². The van der Waals surface area contributed by atoms with E-state index in [1.54, 1.807) is 0 Å². The quantitative estimate of drug-likeness (QED) is 0.738. The minimum atomic E-state index is 0.00417. The molecule has 0 saturated carbocycles. The first-order valence-electron chi connectivity index (χ1n) is 7.17. The van der Waals surface area contributed by atoms with Crippen molar-refractivity contribution in [2.24, 2.45) is 0 Å². The van der Waals surface area contributed by atoms with Crippen LogP contribution in [0.1, 0.15) is 25.0 Å². The summed E-state index contributed by atoms with van der Waals surface area (Å²) in [6.45, 7) is 9.35. The van der Waals surface area contributed by atoms with Crippen LogP contribution in [0, 0.1) is 13.8 Å². The van der Waals surface area contributed by atoms with Gasteiger partial charge >= 0.3 is 0 Å². The number of benzene rings is 2. The lowest BCUT2D eigenvalue weighted by Crippen LogP contribution is -2.37. The zero-order chi connectivity index (χ0) is 14.5. The summed E-state index contributed by atoms with van der Waals surface area (Å²) in [5.41, 5.74) is 3.71. The Morgan fingerprint density at radius 3 is 2.30 bits per heavy atom. The Morgan fingerprint density at radius 2 is 1.70 bits per heavy atom. The van der Waals surface area contributed by atoms with E-state index in [4.69, 9.17) is 4.74 Å². The van der Waals surface area contributed by atoms with Crippen LogP contribution in [0.25, 0.3) is 0 Å². The molecule has 0 aliphatic rings. The summed E-state index contributed by atoms with van der Waals surface area (Å²) >= 11 is 0. The minimum absolute atomic E-state index is 0.00417. The normalized spacial score (nSPS) is 12.0. The van der Waals surface area contributed by atoms with Crippen LogP contribution in [-0.4, -0.2) is 12.8 Å². The molecule has 1 unspecified atom stereocenters. The van der Waals surface area contributed by atoms with Crippen molar-refractivity contribution in [2.45, 2.75) is 33.9 Å². The molecular formula is C18H23NO. The Hall–Kier alpha value is -1.96. The summed E-state index contributed by atoms with van der Waals surface area (Å²) in [6, 6.07) is 16.7. The molecule has 0 heterocycles. The van der Waals surface area contributed by atoms with Crippen LogP contribution in [0.15, 0.2) is 48.5 Å². The van der Waals surface area contributed by atoms with E-state index < -0.39 is 0 Å². The van der Waals surface area contributed by atoms with E-state index in [0.717, 1.165) is 12.3 Å². The molecule has 2 nitrogen and oxygen atoms in total. The highest BCUT2D eigenvalue weighted by Gasteiger charge is 2.14. The average Bonchev–Trinajstić information content (AvgIpc) is 2.42. The predicted octanol–water partition coefficient (Wildman–Crippen LogP) is 4.55.